The van der Waals surface area contributed by atoms with Gasteiger partial charge in [-0.1, -0.05) is 190 Å². The summed E-state index contributed by atoms with van der Waals surface area (Å²) in [5, 5.41) is 120. The van der Waals surface area contributed by atoms with Gasteiger partial charge in [0, 0.05) is 6.42 Å². The molecule has 17 unspecified atom stereocenters. The van der Waals surface area contributed by atoms with Crippen molar-refractivity contribution >= 4 is 5.91 Å². The molecule has 0 aromatic rings. The Hall–Kier alpha value is -2.51. The Morgan fingerprint density at radius 3 is 1.27 bits per heavy atom. The zero-order chi connectivity index (χ0) is 56.9. The molecule has 0 aliphatic carbocycles. The second kappa shape index (κ2) is 42.3. The number of nitrogens with one attached hydrogen (secondary N) is 1. The number of ether oxygens (including phenoxy) is 6. The molecule has 0 spiro atoms. The minimum absolute atomic E-state index is 0.0321. The van der Waals surface area contributed by atoms with E-state index in [1.807, 2.05) is 12.2 Å². The molecule has 17 atom stereocenters. The topological polar surface area (TPSA) is 307 Å². The third-order valence-electron chi connectivity index (χ3n) is 14.6. The third kappa shape index (κ3) is 26.2. The maximum Gasteiger partial charge on any atom is 0.224 e. The average molecular weight is 1110 g/mol. The normalized spacial score (nSPS) is 30.9. The van der Waals surface area contributed by atoms with Crippen LogP contribution < -0.4 is 5.32 Å². The van der Waals surface area contributed by atoms with Gasteiger partial charge in [0.25, 0.3) is 0 Å². The lowest BCUT2D eigenvalue weighted by atomic mass is 9.96. The summed E-state index contributed by atoms with van der Waals surface area (Å²) in [4.78, 5) is 13.3. The predicted molar refractivity (Wildman–Crippen MR) is 295 cm³/mol. The Kier molecular flexibility index (Phi) is 37.9. The van der Waals surface area contributed by atoms with E-state index in [2.05, 4.69) is 61.7 Å². The van der Waals surface area contributed by atoms with Crippen LogP contribution in [-0.4, -0.2) is 193 Å². The van der Waals surface area contributed by atoms with Gasteiger partial charge in [-0.25, -0.2) is 0 Å². The molecule has 3 aliphatic rings. The van der Waals surface area contributed by atoms with Gasteiger partial charge in [-0.05, 0) is 38.5 Å². The average Bonchev–Trinajstić information content (AvgIpc) is 3.47. The molecule has 0 aromatic carbocycles. The predicted octanol–water partition coefficient (Wildman–Crippen LogP) is 4.87. The van der Waals surface area contributed by atoms with Crippen LogP contribution in [0.15, 0.2) is 60.8 Å². The summed E-state index contributed by atoms with van der Waals surface area (Å²) >= 11 is 0. The number of hydrogen-bond acceptors (Lipinski definition) is 18. The monoisotopic (exact) mass is 1110 g/mol. The highest BCUT2D eigenvalue weighted by atomic mass is 16.8. The number of aliphatic hydroxyl groups excluding tert-OH is 11. The minimum Gasteiger partial charge on any atom is -0.394 e. The second-order valence-electron chi connectivity index (χ2n) is 21.1. The molecule has 1 amide bonds. The van der Waals surface area contributed by atoms with E-state index in [1.165, 1.54) is 89.9 Å². The zero-order valence-corrected chi connectivity index (χ0v) is 46.9. The van der Waals surface area contributed by atoms with Crippen molar-refractivity contribution in [3.05, 3.63) is 60.8 Å². The van der Waals surface area contributed by atoms with Gasteiger partial charge in [-0.15, -0.1) is 0 Å². The quantitative estimate of drug-likeness (QED) is 0.0287. The smallest absolute Gasteiger partial charge is 0.224 e. The molecule has 0 aromatic heterocycles. The van der Waals surface area contributed by atoms with E-state index in [-0.39, 0.29) is 18.9 Å². The third-order valence-corrected chi connectivity index (χ3v) is 14.6. The van der Waals surface area contributed by atoms with Crippen molar-refractivity contribution in [3.63, 3.8) is 0 Å². The highest BCUT2D eigenvalue weighted by Crippen LogP contribution is 2.33. The van der Waals surface area contributed by atoms with E-state index in [0.29, 0.717) is 19.3 Å². The van der Waals surface area contributed by atoms with Crippen molar-refractivity contribution in [2.24, 2.45) is 0 Å². The maximum atomic E-state index is 13.3. The molecule has 3 heterocycles. The van der Waals surface area contributed by atoms with Crippen LogP contribution in [0, 0.1) is 0 Å². The molecule has 0 radical (unpaired) electrons. The Balaban J connectivity index is 1.53. The van der Waals surface area contributed by atoms with Gasteiger partial charge in [0.05, 0.1) is 38.6 Å². The fourth-order valence-corrected chi connectivity index (χ4v) is 9.79. The number of unbranched alkanes of at least 4 members (excludes halogenated alkanes) is 17. The van der Waals surface area contributed by atoms with E-state index in [4.69, 9.17) is 28.4 Å². The first-order chi connectivity index (χ1) is 37.8. The van der Waals surface area contributed by atoms with Crippen LogP contribution in [0.3, 0.4) is 0 Å². The first-order valence-corrected chi connectivity index (χ1v) is 29.5. The zero-order valence-electron chi connectivity index (χ0n) is 46.9. The highest BCUT2D eigenvalue weighted by molar-refractivity contribution is 5.77. The molecular formula is C59H103NO18. The molecule has 12 N–H and O–H groups in total. The van der Waals surface area contributed by atoms with Gasteiger partial charge in [0.1, 0.15) is 73.2 Å². The molecule has 19 heteroatoms. The number of rotatable bonds is 42. The number of aliphatic hydroxyl groups is 11. The molecule has 3 aliphatic heterocycles. The van der Waals surface area contributed by atoms with Crippen LogP contribution in [0.25, 0.3) is 0 Å². The van der Waals surface area contributed by atoms with Crippen LogP contribution in [0.5, 0.6) is 0 Å². The number of amides is 1. The molecule has 19 nitrogen and oxygen atoms in total. The molecule has 78 heavy (non-hydrogen) atoms. The van der Waals surface area contributed by atoms with Crippen LogP contribution in [0.1, 0.15) is 174 Å². The molecule has 0 bridgehead atoms. The van der Waals surface area contributed by atoms with Crippen molar-refractivity contribution in [1.29, 1.82) is 0 Å². The molecule has 3 rings (SSSR count). The second-order valence-corrected chi connectivity index (χ2v) is 21.1. The summed E-state index contributed by atoms with van der Waals surface area (Å²) in [6.07, 6.45) is 20.5. The van der Waals surface area contributed by atoms with Gasteiger partial charge < -0.3 is 89.9 Å². The fourth-order valence-electron chi connectivity index (χ4n) is 9.79. The molecule has 0 saturated carbocycles. The largest absolute Gasteiger partial charge is 0.394 e. The molecule has 452 valence electrons. The van der Waals surface area contributed by atoms with Gasteiger partial charge >= 0.3 is 0 Å². The minimum atomic E-state index is -1.98. The summed E-state index contributed by atoms with van der Waals surface area (Å²) in [5.74, 6) is -0.371. The SMILES string of the molecule is CC/C=C\C/C=C\C/C=C\C/C=C\C/C=C\CC(=O)NC(COC1OC(CO)C(OC2OC(CO)C(OC3OC(CO)C(O)C(O)C3O)C(O)C2O)C(O)C1O)C(O)CCCCCCCCCCCCCCCCCCCC. The number of allylic oxidation sites excluding steroid dienone is 9. The van der Waals surface area contributed by atoms with E-state index in [0.717, 1.165) is 44.9 Å². The Morgan fingerprint density at radius 1 is 0.462 bits per heavy atom. The Morgan fingerprint density at radius 2 is 0.833 bits per heavy atom. The van der Waals surface area contributed by atoms with Crippen LogP contribution in [0.4, 0.5) is 0 Å². The highest BCUT2D eigenvalue weighted by Gasteiger charge is 2.53. The van der Waals surface area contributed by atoms with Crippen molar-refractivity contribution in [2.45, 2.75) is 279 Å². The summed E-state index contributed by atoms with van der Waals surface area (Å²) in [6.45, 7) is 1.59. The summed E-state index contributed by atoms with van der Waals surface area (Å²) in [6, 6.07) is -0.943. The van der Waals surface area contributed by atoms with E-state index in [1.54, 1.807) is 6.08 Å². The first-order valence-electron chi connectivity index (χ1n) is 29.5. The van der Waals surface area contributed by atoms with Gasteiger partial charge in [-0.3, -0.25) is 4.79 Å². The summed E-state index contributed by atoms with van der Waals surface area (Å²) in [7, 11) is 0. The standard InChI is InChI=1S/C59H103NO18/c1-3-5-7-9-11-13-15-17-19-20-21-23-24-26-28-30-32-34-36-43(64)42(60-47(65)37-35-33-31-29-27-25-22-18-16-14-12-10-8-6-4-2)41-73-57-53(71)50(68)55(45(39-62)75-57)78-59-54(72)51(69)56(46(40-63)76-59)77-58-52(70)49(67)48(66)44(38-61)74-58/h6,8,12,14,18,22,27,29,33,35,42-46,48-59,61-64,66-72H,3-5,7,9-11,13,15-17,19-21,23-26,28,30-32,34,36-41H2,1-2H3,(H,60,65)/b8-6-,14-12-,22-18-,29-27-,35-33-. The molecular weight excluding hydrogens is 1010 g/mol. The molecule has 3 saturated heterocycles. The van der Waals surface area contributed by atoms with Gasteiger partial charge in [-0.2, -0.15) is 0 Å². The van der Waals surface area contributed by atoms with Gasteiger partial charge in [0.15, 0.2) is 18.9 Å². The van der Waals surface area contributed by atoms with Gasteiger partial charge in [0.2, 0.25) is 5.91 Å². The Labute approximate surface area is 465 Å². The van der Waals surface area contributed by atoms with Crippen molar-refractivity contribution in [1.82, 2.24) is 5.32 Å². The first kappa shape index (κ1) is 69.8. The molecule has 3 fully saturated rings. The van der Waals surface area contributed by atoms with E-state index >= 15 is 0 Å². The number of carbonyl (C=O) groups excluding carboxylic acids is 1. The van der Waals surface area contributed by atoms with Crippen molar-refractivity contribution in [2.75, 3.05) is 26.4 Å². The number of hydrogen-bond donors (Lipinski definition) is 12. The fraction of sp³-hybridized carbons (Fsp3) is 0.814. The van der Waals surface area contributed by atoms with Crippen LogP contribution in [0.2, 0.25) is 0 Å². The summed E-state index contributed by atoms with van der Waals surface area (Å²) < 4.78 is 34.2. The van der Waals surface area contributed by atoms with Crippen LogP contribution >= 0.6 is 0 Å². The van der Waals surface area contributed by atoms with E-state index < -0.39 is 124 Å². The number of carbonyl (C=O) groups is 1. The lowest BCUT2D eigenvalue weighted by Gasteiger charge is -2.48. The lowest BCUT2D eigenvalue weighted by Crippen LogP contribution is -2.66. The summed E-state index contributed by atoms with van der Waals surface area (Å²) in [5.41, 5.74) is 0. The maximum absolute atomic E-state index is 13.3. The van der Waals surface area contributed by atoms with Crippen molar-refractivity contribution < 1.29 is 89.4 Å². The Bertz CT molecular complexity index is 1660. The van der Waals surface area contributed by atoms with E-state index in [9.17, 15) is 61.0 Å². The van der Waals surface area contributed by atoms with Crippen LogP contribution in [-0.2, 0) is 33.2 Å². The van der Waals surface area contributed by atoms with Crippen molar-refractivity contribution in [3.8, 4) is 0 Å². The lowest BCUT2D eigenvalue weighted by molar-refractivity contribution is -0.379.